The van der Waals surface area contributed by atoms with Gasteiger partial charge in [-0.3, -0.25) is 0 Å². The maximum Gasteiger partial charge on any atom is 0.245 e. The van der Waals surface area contributed by atoms with E-state index >= 15 is 0 Å². The summed E-state index contributed by atoms with van der Waals surface area (Å²) in [6.45, 7) is 0.522. The van der Waals surface area contributed by atoms with Crippen molar-refractivity contribution in [1.29, 1.82) is 0 Å². The second-order valence-corrected chi connectivity index (χ2v) is 10.0. The second kappa shape index (κ2) is 5.58. The van der Waals surface area contributed by atoms with Gasteiger partial charge in [-0.05, 0) is 24.8 Å². The van der Waals surface area contributed by atoms with E-state index in [4.69, 9.17) is 23.2 Å². The average molecular weight is 393 g/mol. The van der Waals surface area contributed by atoms with E-state index in [1.807, 2.05) is 0 Å². The van der Waals surface area contributed by atoms with Gasteiger partial charge in [0.15, 0.2) is 0 Å². The fourth-order valence-corrected chi connectivity index (χ4v) is 6.35. The van der Waals surface area contributed by atoms with E-state index in [0.717, 1.165) is 24.2 Å². The topological polar surface area (TPSA) is 37.4 Å². The predicted molar refractivity (Wildman–Crippen MR) is 79.6 cm³/mol. The summed E-state index contributed by atoms with van der Waals surface area (Å²) >= 11 is 16.3. The van der Waals surface area contributed by atoms with Crippen molar-refractivity contribution in [2.75, 3.05) is 13.6 Å². The van der Waals surface area contributed by atoms with Gasteiger partial charge in [-0.2, -0.15) is 0 Å². The minimum absolute atomic E-state index is 0.108. The minimum atomic E-state index is -3.53. The first kappa shape index (κ1) is 15.1. The average Bonchev–Trinajstić information content (AvgIpc) is 2.56. The van der Waals surface area contributed by atoms with Crippen LogP contribution in [0.3, 0.4) is 0 Å². The lowest BCUT2D eigenvalue weighted by atomic mass is 9.85. The number of nitrogens with zero attached hydrogens (tertiary/aromatic N) is 1. The number of alkyl halides is 1. The Kier molecular flexibility index (Phi) is 4.67. The van der Waals surface area contributed by atoms with E-state index in [0.29, 0.717) is 21.6 Å². The summed E-state index contributed by atoms with van der Waals surface area (Å²) in [6.07, 6.45) is 2.02. The molecule has 0 unspecified atom stereocenters. The van der Waals surface area contributed by atoms with E-state index < -0.39 is 10.0 Å². The van der Waals surface area contributed by atoms with Crippen LogP contribution < -0.4 is 0 Å². The molecule has 0 N–H and O–H groups in total. The van der Waals surface area contributed by atoms with Crippen molar-refractivity contribution in [3.05, 3.63) is 14.7 Å². The number of rotatable bonds is 4. The smallest absolute Gasteiger partial charge is 0.207 e. The first-order chi connectivity index (χ1) is 8.30. The summed E-state index contributed by atoms with van der Waals surface area (Å²) in [5, 5.41) is 0. The third kappa shape index (κ3) is 3.04. The highest BCUT2D eigenvalue weighted by molar-refractivity contribution is 9.09. The van der Waals surface area contributed by atoms with Gasteiger partial charge in [0.05, 0.1) is 4.34 Å². The summed E-state index contributed by atoms with van der Waals surface area (Å²) in [5.41, 5.74) is 0. The van der Waals surface area contributed by atoms with Gasteiger partial charge in [0.1, 0.15) is 9.23 Å². The summed E-state index contributed by atoms with van der Waals surface area (Å²) in [4.78, 5) is 0.633. The van der Waals surface area contributed by atoms with Gasteiger partial charge in [0.2, 0.25) is 10.0 Å². The fraction of sp³-hybridized carbons (Fsp3) is 0.600. The maximum absolute atomic E-state index is 12.3. The standard InChI is InChI=1S/C10H12BrCl2NO2S2/c1-14(5-6-2-7(11)3-6)18(15,16)8-4-9(12)17-10(8)13/h4,6-7H,2-3,5H2,1H3. The molecule has 0 bridgehead atoms. The molecule has 1 aliphatic carbocycles. The number of hydrogen-bond acceptors (Lipinski definition) is 3. The summed E-state index contributed by atoms with van der Waals surface area (Å²) < 4.78 is 26.6. The number of thiophene rings is 1. The normalized spacial score (nSPS) is 24.3. The zero-order valence-corrected chi connectivity index (χ0v) is 14.3. The Morgan fingerprint density at radius 3 is 2.56 bits per heavy atom. The van der Waals surface area contributed by atoms with Crippen LogP contribution in [0.2, 0.25) is 8.67 Å². The van der Waals surface area contributed by atoms with E-state index in [-0.39, 0.29) is 9.23 Å². The van der Waals surface area contributed by atoms with Crippen molar-refractivity contribution in [3.63, 3.8) is 0 Å². The first-order valence-corrected chi connectivity index (χ1v) is 9.28. The third-order valence-electron chi connectivity index (χ3n) is 3.01. The van der Waals surface area contributed by atoms with Crippen molar-refractivity contribution in [3.8, 4) is 0 Å². The zero-order valence-electron chi connectivity index (χ0n) is 9.57. The monoisotopic (exact) mass is 391 g/mol. The van der Waals surface area contributed by atoms with Gasteiger partial charge in [0.25, 0.3) is 0 Å². The lowest BCUT2D eigenvalue weighted by molar-refractivity contribution is 0.275. The van der Waals surface area contributed by atoms with Gasteiger partial charge in [0, 0.05) is 18.4 Å². The Hall–Kier alpha value is 0.670. The summed E-state index contributed by atoms with van der Waals surface area (Å²) in [7, 11) is -1.94. The van der Waals surface area contributed by atoms with E-state index in [1.54, 1.807) is 7.05 Å². The van der Waals surface area contributed by atoms with Gasteiger partial charge in [-0.1, -0.05) is 39.1 Å². The second-order valence-electron chi connectivity index (χ2n) is 4.41. The minimum Gasteiger partial charge on any atom is -0.207 e. The molecule has 18 heavy (non-hydrogen) atoms. The third-order valence-corrected chi connectivity index (χ3v) is 7.33. The first-order valence-electron chi connectivity index (χ1n) is 5.36. The highest BCUT2D eigenvalue weighted by atomic mass is 79.9. The molecule has 1 aromatic heterocycles. The Balaban J connectivity index is 2.13. The molecular formula is C10H12BrCl2NO2S2. The molecule has 3 nitrogen and oxygen atoms in total. The van der Waals surface area contributed by atoms with Crippen molar-refractivity contribution < 1.29 is 8.42 Å². The van der Waals surface area contributed by atoms with Crippen LogP contribution in [0.4, 0.5) is 0 Å². The lowest BCUT2D eigenvalue weighted by Gasteiger charge is -2.33. The quantitative estimate of drug-likeness (QED) is 0.729. The van der Waals surface area contributed by atoms with Crippen molar-refractivity contribution in [2.24, 2.45) is 5.92 Å². The number of sulfonamides is 1. The molecule has 102 valence electrons. The van der Waals surface area contributed by atoms with Gasteiger partial charge in [-0.15, -0.1) is 11.3 Å². The van der Waals surface area contributed by atoms with Crippen LogP contribution in [0, 0.1) is 5.92 Å². The molecule has 2 rings (SSSR count). The molecule has 0 aromatic carbocycles. The number of halogens is 3. The molecule has 0 aliphatic heterocycles. The van der Waals surface area contributed by atoms with Crippen LogP contribution in [0.5, 0.6) is 0 Å². The van der Waals surface area contributed by atoms with Crippen LogP contribution in [-0.2, 0) is 10.0 Å². The molecule has 0 atom stereocenters. The van der Waals surface area contributed by atoms with Crippen LogP contribution in [0.25, 0.3) is 0 Å². The molecule has 1 heterocycles. The Labute approximate surface area is 129 Å². The summed E-state index contributed by atoms with van der Waals surface area (Å²) in [5.74, 6) is 0.419. The zero-order chi connectivity index (χ0) is 13.5. The van der Waals surface area contributed by atoms with Crippen molar-refractivity contribution in [2.45, 2.75) is 22.6 Å². The Morgan fingerprint density at radius 1 is 1.50 bits per heavy atom. The molecule has 1 saturated carbocycles. The van der Waals surface area contributed by atoms with Crippen molar-refractivity contribution >= 4 is 60.5 Å². The highest BCUT2D eigenvalue weighted by Gasteiger charge is 2.32. The predicted octanol–water partition coefficient (Wildman–Crippen LogP) is 3.85. The van der Waals surface area contributed by atoms with Crippen molar-refractivity contribution in [1.82, 2.24) is 4.31 Å². The van der Waals surface area contributed by atoms with E-state index in [1.165, 1.54) is 10.4 Å². The van der Waals surface area contributed by atoms with Crippen LogP contribution in [-0.4, -0.2) is 31.1 Å². The number of hydrogen-bond donors (Lipinski definition) is 0. The van der Waals surface area contributed by atoms with Crippen LogP contribution >= 0.6 is 50.5 Å². The molecule has 8 heteroatoms. The van der Waals surface area contributed by atoms with Crippen LogP contribution in [0.1, 0.15) is 12.8 Å². The molecule has 1 fully saturated rings. The van der Waals surface area contributed by atoms with Crippen LogP contribution in [0.15, 0.2) is 11.0 Å². The molecule has 0 amide bonds. The molecule has 0 radical (unpaired) electrons. The molecule has 0 saturated heterocycles. The van der Waals surface area contributed by atoms with Gasteiger partial charge >= 0.3 is 0 Å². The van der Waals surface area contributed by atoms with Gasteiger partial charge < -0.3 is 0 Å². The lowest BCUT2D eigenvalue weighted by Crippen LogP contribution is -2.37. The summed E-state index contributed by atoms with van der Waals surface area (Å²) in [6, 6.07) is 1.41. The van der Waals surface area contributed by atoms with E-state index in [2.05, 4.69) is 15.9 Å². The molecule has 1 aliphatic rings. The molecule has 1 aromatic rings. The van der Waals surface area contributed by atoms with E-state index in [9.17, 15) is 8.42 Å². The Morgan fingerprint density at radius 2 is 2.11 bits per heavy atom. The Bertz CT molecular complexity index is 540. The van der Waals surface area contributed by atoms with Gasteiger partial charge in [-0.25, -0.2) is 12.7 Å². The molecular weight excluding hydrogens is 381 g/mol. The highest BCUT2D eigenvalue weighted by Crippen LogP contribution is 2.37. The largest absolute Gasteiger partial charge is 0.245 e. The SMILES string of the molecule is CN(CC1CC(Br)C1)S(=O)(=O)c1cc(Cl)sc1Cl. The molecule has 0 spiro atoms. The maximum atomic E-state index is 12.3. The fourth-order valence-electron chi connectivity index (χ4n) is 1.93.